The molecule has 33 heavy (non-hydrogen) atoms. The van der Waals surface area contributed by atoms with E-state index in [4.69, 9.17) is 21.1 Å². The van der Waals surface area contributed by atoms with Crippen molar-refractivity contribution in [1.29, 1.82) is 0 Å². The van der Waals surface area contributed by atoms with Crippen molar-refractivity contribution in [2.45, 2.75) is 37.0 Å². The average molecular weight is 496 g/mol. The molecule has 178 valence electrons. The lowest BCUT2D eigenvalue weighted by atomic mass is 10.1. The Bertz CT molecular complexity index is 1080. The molecule has 0 aromatic heterocycles. The number of sulfonamides is 1. The summed E-state index contributed by atoms with van der Waals surface area (Å²) in [6.07, 6.45) is 2.12. The monoisotopic (exact) mass is 495 g/mol. The second kappa shape index (κ2) is 11.9. The molecular weight excluding hydrogens is 470 g/mol. The number of halogens is 1. The summed E-state index contributed by atoms with van der Waals surface area (Å²) in [4.78, 5) is 23.8. The quantitative estimate of drug-likeness (QED) is 0.343. The van der Waals surface area contributed by atoms with Crippen molar-refractivity contribution in [3.05, 3.63) is 53.1 Å². The molecule has 3 rings (SSSR count). The summed E-state index contributed by atoms with van der Waals surface area (Å²) in [5, 5.41) is 0.587. The van der Waals surface area contributed by atoms with Crippen molar-refractivity contribution < 1.29 is 27.5 Å². The van der Waals surface area contributed by atoms with E-state index in [1.54, 1.807) is 30.3 Å². The summed E-state index contributed by atoms with van der Waals surface area (Å²) in [5.74, 6) is 0.297. The number of fused-ring (bicyclic) bond motifs is 1. The molecule has 0 saturated heterocycles. The first-order chi connectivity index (χ1) is 15.8. The Morgan fingerprint density at radius 3 is 2.33 bits per heavy atom. The number of carbonyl (C=O) groups excluding carboxylic acids is 2. The fourth-order valence-corrected chi connectivity index (χ4v) is 4.32. The third-order valence-electron chi connectivity index (χ3n) is 4.82. The number of amides is 2. The van der Waals surface area contributed by atoms with Crippen LogP contribution in [0.5, 0.6) is 11.5 Å². The predicted molar refractivity (Wildman–Crippen MR) is 123 cm³/mol. The highest BCUT2D eigenvalue weighted by molar-refractivity contribution is 7.89. The molecule has 11 heteroatoms. The number of hydrogen-bond acceptors (Lipinski definition) is 6. The van der Waals surface area contributed by atoms with Crippen LogP contribution in [0.15, 0.2) is 47.4 Å². The van der Waals surface area contributed by atoms with Gasteiger partial charge in [-0.25, -0.2) is 13.1 Å². The van der Waals surface area contributed by atoms with Crippen molar-refractivity contribution in [2.75, 3.05) is 19.8 Å². The maximum atomic E-state index is 12.4. The van der Waals surface area contributed by atoms with Gasteiger partial charge in [0.25, 0.3) is 0 Å². The first-order valence-corrected chi connectivity index (χ1v) is 12.4. The number of hydrazine groups is 1. The predicted octanol–water partition coefficient (Wildman–Crippen LogP) is 2.34. The Labute approximate surface area is 197 Å². The molecule has 2 aromatic carbocycles. The lowest BCUT2D eigenvalue weighted by molar-refractivity contribution is -0.128. The van der Waals surface area contributed by atoms with Crippen LogP contribution in [0.1, 0.15) is 31.2 Å². The van der Waals surface area contributed by atoms with Gasteiger partial charge in [0, 0.05) is 24.1 Å². The van der Waals surface area contributed by atoms with E-state index in [2.05, 4.69) is 15.6 Å². The van der Waals surface area contributed by atoms with Gasteiger partial charge in [-0.05, 0) is 42.7 Å². The molecule has 0 radical (unpaired) electrons. The van der Waals surface area contributed by atoms with Crippen molar-refractivity contribution in [3.8, 4) is 11.5 Å². The topological polar surface area (TPSA) is 123 Å². The average Bonchev–Trinajstić information content (AvgIpc) is 2.81. The number of unbranched alkanes of at least 4 members (excludes halogenated alkanes) is 2. The molecule has 0 spiro atoms. The normalized spacial score (nSPS) is 12.8. The number of benzene rings is 2. The zero-order valence-corrected chi connectivity index (χ0v) is 19.5. The molecule has 9 nitrogen and oxygen atoms in total. The molecule has 3 N–H and O–H groups in total. The molecule has 1 aliphatic rings. The van der Waals surface area contributed by atoms with Crippen LogP contribution in [0.3, 0.4) is 0 Å². The number of ether oxygens (including phenoxy) is 2. The number of rotatable bonds is 10. The highest BCUT2D eigenvalue weighted by Gasteiger charge is 2.19. The SMILES string of the molecule is O=C(CCCCCNS(=O)(=O)c1ccc2c(c1)OCCO2)NNC(=O)Cc1ccc(Cl)cc1. The van der Waals surface area contributed by atoms with Crippen LogP contribution in [-0.4, -0.2) is 40.0 Å². The van der Waals surface area contributed by atoms with Gasteiger partial charge in [0.05, 0.1) is 11.3 Å². The van der Waals surface area contributed by atoms with Crippen molar-refractivity contribution in [2.24, 2.45) is 0 Å². The van der Waals surface area contributed by atoms with E-state index >= 15 is 0 Å². The van der Waals surface area contributed by atoms with E-state index in [-0.39, 0.29) is 36.1 Å². The third-order valence-corrected chi connectivity index (χ3v) is 6.53. The summed E-state index contributed by atoms with van der Waals surface area (Å²) in [5.41, 5.74) is 5.53. The molecule has 0 fully saturated rings. The Morgan fingerprint density at radius 2 is 1.58 bits per heavy atom. The standard InChI is InChI=1S/C22H26ClN3O6S/c23-17-7-5-16(6-8-17)14-22(28)26-25-21(27)4-2-1-3-11-24-33(29,30)18-9-10-19-20(15-18)32-13-12-31-19/h5-10,15,24H,1-4,11-14H2,(H,25,27)(H,26,28). The highest BCUT2D eigenvalue weighted by atomic mass is 35.5. The summed E-state index contributed by atoms with van der Waals surface area (Å²) in [6.45, 7) is 1.06. The lowest BCUT2D eigenvalue weighted by Crippen LogP contribution is -2.42. The van der Waals surface area contributed by atoms with Gasteiger partial charge in [0.1, 0.15) is 13.2 Å². The summed E-state index contributed by atoms with van der Waals surface area (Å²) >= 11 is 5.80. The van der Waals surface area contributed by atoms with E-state index in [9.17, 15) is 18.0 Å². The van der Waals surface area contributed by atoms with Crippen molar-refractivity contribution in [1.82, 2.24) is 15.6 Å². The molecule has 0 unspecified atom stereocenters. The first kappa shape index (κ1) is 24.8. The Morgan fingerprint density at radius 1 is 0.879 bits per heavy atom. The van der Waals surface area contributed by atoms with Crippen molar-refractivity contribution in [3.63, 3.8) is 0 Å². The van der Waals surface area contributed by atoms with Gasteiger partial charge in [0.2, 0.25) is 21.8 Å². The molecule has 1 heterocycles. The minimum atomic E-state index is -3.66. The molecule has 1 aliphatic heterocycles. The second-order valence-corrected chi connectivity index (χ2v) is 9.62. The Kier molecular flexibility index (Phi) is 8.93. The lowest BCUT2D eigenvalue weighted by Gasteiger charge is -2.18. The second-order valence-electron chi connectivity index (χ2n) is 7.41. The highest BCUT2D eigenvalue weighted by Crippen LogP contribution is 2.32. The Balaban J connectivity index is 1.29. The van der Waals surface area contributed by atoms with Gasteiger partial charge >= 0.3 is 0 Å². The van der Waals surface area contributed by atoms with Crippen LogP contribution in [0.25, 0.3) is 0 Å². The maximum absolute atomic E-state index is 12.4. The van der Waals surface area contributed by atoms with Gasteiger partial charge in [0.15, 0.2) is 11.5 Å². The van der Waals surface area contributed by atoms with Gasteiger partial charge < -0.3 is 9.47 Å². The van der Waals surface area contributed by atoms with Gasteiger partial charge in [-0.2, -0.15) is 0 Å². The maximum Gasteiger partial charge on any atom is 0.242 e. The third kappa shape index (κ3) is 7.92. The molecule has 0 aliphatic carbocycles. The fourth-order valence-electron chi connectivity index (χ4n) is 3.10. The molecular formula is C22H26ClN3O6S. The van der Waals surface area contributed by atoms with Crippen LogP contribution in [0, 0.1) is 0 Å². The molecule has 0 atom stereocenters. The van der Waals surface area contributed by atoms with Crippen LogP contribution < -0.4 is 25.0 Å². The van der Waals surface area contributed by atoms with Crippen molar-refractivity contribution >= 4 is 33.4 Å². The van der Waals surface area contributed by atoms with E-state index < -0.39 is 10.0 Å². The minimum absolute atomic E-state index is 0.112. The van der Waals surface area contributed by atoms with Gasteiger partial charge in [-0.15, -0.1) is 0 Å². The number of nitrogens with one attached hydrogen (secondary N) is 3. The van der Waals surface area contributed by atoms with E-state index in [0.717, 1.165) is 5.56 Å². The largest absolute Gasteiger partial charge is 0.486 e. The van der Waals surface area contributed by atoms with Crippen LogP contribution in [-0.2, 0) is 26.0 Å². The molecule has 0 saturated carbocycles. The Hall–Kier alpha value is -2.82. The zero-order valence-electron chi connectivity index (χ0n) is 17.9. The van der Waals surface area contributed by atoms with Crippen LogP contribution in [0.4, 0.5) is 0 Å². The number of carbonyl (C=O) groups is 2. The molecule has 2 aromatic rings. The molecule has 2 amide bonds. The van der Waals surface area contributed by atoms with Gasteiger partial charge in [-0.1, -0.05) is 30.2 Å². The minimum Gasteiger partial charge on any atom is -0.486 e. The summed E-state index contributed by atoms with van der Waals surface area (Å²) in [7, 11) is -3.66. The van der Waals surface area contributed by atoms with Crippen LogP contribution >= 0.6 is 11.6 Å². The van der Waals surface area contributed by atoms with E-state index in [0.29, 0.717) is 49.0 Å². The first-order valence-electron chi connectivity index (χ1n) is 10.5. The zero-order chi connectivity index (χ0) is 23.7. The number of hydrogen-bond donors (Lipinski definition) is 3. The summed E-state index contributed by atoms with van der Waals surface area (Å²) in [6, 6.07) is 11.4. The van der Waals surface area contributed by atoms with Gasteiger partial charge in [-0.3, -0.25) is 20.4 Å². The van der Waals surface area contributed by atoms with Crippen LogP contribution in [0.2, 0.25) is 5.02 Å². The molecule has 0 bridgehead atoms. The smallest absolute Gasteiger partial charge is 0.242 e. The fraction of sp³-hybridized carbons (Fsp3) is 0.364. The van der Waals surface area contributed by atoms with E-state index in [1.165, 1.54) is 12.1 Å². The van der Waals surface area contributed by atoms with E-state index in [1.807, 2.05) is 0 Å². The summed E-state index contributed by atoms with van der Waals surface area (Å²) < 4.78 is 38.2.